The second-order valence-electron chi connectivity index (χ2n) is 5.97. The van der Waals surface area contributed by atoms with E-state index in [0.717, 1.165) is 12.0 Å². The predicted molar refractivity (Wildman–Crippen MR) is 79.6 cm³/mol. The van der Waals surface area contributed by atoms with Gasteiger partial charge in [0.25, 0.3) is 0 Å². The van der Waals surface area contributed by atoms with E-state index in [-0.39, 0.29) is 0 Å². The van der Waals surface area contributed by atoms with Crippen LogP contribution in [0.4, 0.5) is 4.79 Å². The van der Waals surface area contributed by atoms with Gasteiger partial charge in [-0.2, -0.15) is 0 Å². The largest absolute Gasteiger partial charge is 0.444 e. The van der Waals surface area contributed by atoms with Gasteiger partial charge in [0.15, 0.2) is 0 Å². The number of carbonyl (C=O) groups excluding carboxylic acids is 1. The Labute approximate surface area is 121 Å². The number of nitrogens with one attached hydrogen (secondary N) is 1. The van der Waals surface area contributed by atoms with Gasteiger partial charge in [0.1, 0.15) is 5.60 Å². The molecule has 1 aromatic carbocycles. The van der Waals surface area contributed by atoms with Crippen molar-refractivity contribution in [1.29, 1.82) is 0 Å². The highest BCUT2D eigenvalue weighted by atomic mass is 16.6. The number of hydrogen-bond donors (Lipinski definition) is 2. The van der Waals surface area contributed by atoms with Crippen molar-refractivity contribution in [2.24, 2.45) is 0 Å². The molecule has 0 spiro atoms. The molecule has 0 heterocycles. The first-order valence-corrected chi connectivity index (χ1v) is 6.99. The van der Waals surface area contributed by atoms with E-state index in [0.29, 0.717) is 0 Å². The highest BCUT2D eigenvalue weighted by Crippen LogP contribution is 2.18. The molecule has 0 saturated heterocycles. The number of ether oxygens (including phenoxy) is 1. The fourth-order valence-corrected chi connectivity index (χ4v) is 1.81. The lowest BCUT2D eigenvalue weighted by Crippen LogP contribution is -2.40. The minimum Gasteiger partial charge on any atom is -0.444 e. The molecule has 1 unspecified atom stereocenters. The lowest BCUT2D eigenvalue weighted by Gasteiger charge is -2.24. The first-order chi connectivity index (χ1) is 9.23. The molecule has 4 heteroatoms. The van der Waals surface area contributed by atoms with E-state index in [9.17, 15) is 9.90 Å². The van der Waals surface area contributed by atoms with Gasteiger partial charge in [-0.15, -0.1) is 0 Å². The maximum Gasteiger partial charge on any atom is 0.407 e. The van der Waals surface area contributed by atoms with Gasteiger partial charge in [-0.25, -0.2) is 4.79 Å². The third-order valence-corrected chi connectivity index (χ3v) is 2.95. The summed E-state index contributed by atoms with van der Waals surface area (Å²) in [4.78, 5) is 11.7. The van der Waals surface area contributed by atoms with Crippen molar-refractivity contribution in [1.82, 2.24) is 5.32 Å². The van der Waals surface area contributed by atoms with Crippen LogP contribution in [0, 0.1) is 0 Å². The molecule has 4 nitrogen and oxygen atoms in total. The van der Waals surface area contributed by atoms with Crippen LogP contribution in [0.2, 0.25) is 0 Å². The average molecular weight is 279 g/mol. The average Bonchev–Trinajstić information content (AvgIpc) is 2.35. The zero-order chi connectivity index (χ0) is 15.3. The molecule has 1 amide bonds. The molecule has 20 heavy (non-hydrogen) atoms. The summed E-state index contributed by atoms with van der Waals surface area (Å²) in [7, 11) is 0. The second kappa shape index (κ2) is 6.75. The summed E-state index contributed by atoms with van der Waals surface area (Å²) >= 11 is 0. The van der Waals surface area contributed by atoms with Crippen molar-refractivity contribution in [2.45, 2.75) is 58.8 Å². The number of aliphatic hydroxyl groups is 1. The molecule has 0 radical (unpaired) electrons. The smallest absolute Gasteiger partial charge is 0.407 e. The number of benzene rings is 1. The molecule has 1 aromatic rings. The van der Waals surface area contributed by atoms with Gasteiger partial charge in [0.2, 0.25) is 0 Å². The maximum absolute atomic E-state index is 11.7. The van der Waals surface area contributed by atoms with Crippen LogP contribution in [0.25, 0.3) is 0 Å². The third-order valence-electron chi connectivity index (χ3n) is 2.95. The molecular weight excluding hydrogens is 254 g/mol. The number of aliphatic hydroxyl groups excluding tert-OH is 1. The maximum atomic E-state index is 11.7. The quantitative estimate of drug-likeness (QED) is 0.890. The zero-order valence-electron chi connectivity index (χ0n) is 12.9. The normalized spacial score (nSPS) is 14.5. The van der Waals surface area contributed by atoms with E-state index in [4.69, 9.17) is 4.74 Å². The summed E-state index contributed by atoms with van der Waals surface area (Å²) in [6.07, 6.45) is -0.315. The minimum atomic E-state index is -0.756. The summed E-state index contributed by atoms with van der Waals surface area (Å²) in [6, 6.07) is 7.32. The van der Waals surface area contributed by atoms with Crippen LogP contribution in [-0.4, -0.2) is 22.8 Å². The highest BCUT2D eigenvalue weighted by molar-refractivity contribution is 5.68. The van der Waals surface area contributed by atoms with Crippen LogP contribution in [0.15, 0.2) is 24.3 Å². The lowest BCUT2D eigenvalue weighted by atomic mass is 10.0. The van der Waals surface area contributed by atoms with E-state index in [1.165, 1.54) is 5.56 Å². The highest BCUT2D eigenvalue weighted by Gasteiger charge is 2.22. The Balaban J connectivity index is 2.61. The van der Waals surface area contributed by atoms with Crippen molar-refractivity contribution in [3.05, 3.63) is 35.4 Å². The van der Waals surface area contributed by atoms with E-state index in [2.05, 4.69) is 12.2 Å². The lowest BCUT2D eigenvalue weighted by molar-refractivity contribution is 0.0436. The standard InChI is InChI=1S/C16H25NO3/c1-6-12-7-9-13(10-8-12)14(18)11(2)17-15(19)20-16(3,4)5/h7-11,14,18H,6H2,1-5H3,(H,17,19)/t11-,14?/m0/s1. The molecule has 0 aliphatic heterocycles. The fraction of sp³-hybridized carbons (Fsp3) is 0.562. The van der Waals surface area contributed by atoms with Gasteiger partial charge in [-0.1, -0.05) is 31.2 Å². The van der Waals surface area contributed by atoms with Crippen molar-refractivity contribution in [3.8, 4) is 0 Å². The number of alkyl carbamates (subject to hydrolysis) is 1. The Morgan fingerprint density at radius 1 is 1.30 bits per heavy atom. The Bertz CT molecular complexity index is 434. The van der Waals surface area contributed by atoms with E-state index in [1.54, 1.807) is 27.7 Å². The minimum absolute atomic E-state index is 0.419. The van der Waals surface area contributed by atoms with Crippen molar-refractivity contribution >= 4 is 6.09 Å². The van der Waals surface area contributed by atoms with Crippen LogP contribution >= 0.6 is 0 Å². The Morgan fingerprint density at radius 2 is 1.85 bits per heavy atom. The molecule has 2 atom stereocenters. The molecular formula is C16H25NO3. The summed E-state index contributed by atoms with van der Waals surface area (Å²) in [5, 5.41) is 12.9. The molecule has 0 fully saturated rings. The molecule has 0 saturated carbocycles. The van der Waals surface area contributed by atoms with Crippen LogP contribution in [0.3, 0.4) is 0 Å². The fourth-order valence-electron chi connectivity index (χ4n) is 1.81. The van der Waals surface area contributed by atoms with Crippen molar-refractivity contribution in [2.75, 3.05) is 0 Å². The summed E-state index contributed by atoms with van der Waals surface area (Å²) in [5.41, 5.74) is 1.46. The zero-order valence-corrected chi connectivity index (χ0v) is 12.9. The van der Waals surface area contributed by atoms with Gasteiger partial charge < -0.3 is 15.2 Å². The monoisotopic (exact) mass is 279 g/mol. The second-order valence-corrected chi connectivity index (χ2v) is 5.97. The van der Waals surface area contributed by atoms with Crippen LogP contribution in [0.5, 0.6) is 0 Å². The molecule has 0 aliphatic carbocycles. The summed E-state index contributed by atoms with van der Waals surface area (Å²) in [5.74, 6) is 0. The molecule has 0 bridgehead atoms. The van der Waals surface area contributed by atoms with E-state index in [1.807, 2.05) is 24.3 Å². The van der Waals surface area contributed by atoms with Gasteiger partial charge in [0, 0.05) is 0 Å². The molecule has 1 rings (SSSR count). The Hall–Kier alpha value is -1.55. The number of aryl methyl sites for hydroxylation is 1. The topological polar surface area (TPSA) is 58.6 Å². The first-order valence-electron chi connectivity index (χ1n) is 6.99. The first kappa shape index (κ1) is 16.5. The predicted octanol–water partition coefficient (Wildman–Crippen LogP) is 3.20. The number of rotatable bonds is 4. The van der Waals surface area contributed by atoms with Crippen LogP contribution < -0.4 is 5.32 Å². The number of hydrogen-bond acceptors (Lipinski definition) is 3. The van der Waals surface area contributed by atoms with Crippen LogP contribution in [-0.2, 0) is 11.2 Å². The Kier molecular flexibility index (Phi) is 5.57. The summed E-state index contributed by atoms with van der Waals surface area (Å²) < 4.78 is 5.17. The van der Waals surface area contributed by atoms with Crippen molar-refractivity contribution in [3.63, 3.8) is 0 Å². The number of carbonyl (C=O) groups is 1. The Morgan fingerprint density at radius 3 is 2.30 bits per heavy atom. The molecule has 0 aromatic heterocycles. The van der Waals surface area contributed by atoms with Crippen LogP contribution in [0.1, 0.15) is 51.8 Å². The summed E-state index contributed by atoms with van der Waals surface area (Å²) in [6.45, 7) is 9.24. The molecule has 0 aliphatic rings. The molecule has 112 valence electrons. The van der Waals surface area contributed by atoms with Crippen molar-refractivity contribution < 1.29 is 14.6 Å². The van der Waals surface area contributed by atoms with Gasteiger partial charge in [-0.3, -0.25) is 0 Å². The molecule has 2 N–H and O–H groups in total. The SMILES string of the molecule is CCc1ccc(C(O)[C@H](C)NC(=O)OC(C)(C)C)cc1. The van der Waals surface area contributed by atoms with Gasteiger partial charge in [-0.05, 0) is 45.2 Å². The van der Waals surface area contributed by atoms with Gasteiger partial charge in [0.05, 0.1) is 12.1 Å². The van der Waals surface area contributed by atoms with E-state index < -0.39 is 23.8 Å². The van der Waals surface area contributed by atoms with E-state index >= 15 is 0 Å². The number of amides is 1. The third kappa shape index (κ3) is 5.21. The van der Waals surface area contributed by atoms with Gasteiger partial charge >= 0.3 is 6.09 Å².